The van der Waals surface area contributed by atoms with Gasteiger partial charge in [0.1, 0.15) is 17.1 Å². The highest BCUT2D eigenvalue weighted by molar-refractivity contribution is 5.94. The molecule has 0 aliphatic carbocycles. The summed E-state index contributed by atoms with van der Waals surface area (Å²) in [6.07, 6.45) is 2.51. The van der Waals surface area contributed by atoms with E-state index in [4.69, 9.17) is 4.52 Å². The SMILES string of the molecule is Cc1oncc1C(=O)NCC1CCN(Cc2cccc(O)c2)C1. The molecule has 6 nitrogen and oxygen atoms in total. The summed E-state index contributed by atoms with van der Waals surface area (Å²) in [4.78, 5) is 14.4. The maximum absolute atomic E-state index is 12.0. The Hall–Kier alpha value is -2.34. The second-order valence-corrected chi connectivity index (χ2v) is 6.07. The third kappa shape index (κ3) is 3.90. The van der Waals surface area contributed by atoms with Gasteiger partial charge in [-0.05, 0) is 43.5 Å². The number of carbonyl (C=O) groups excluding carboxylic acids is 1. The van der Waals surface area contributed by atoms with E-state index in [0.29, 0.717) is 29.5 Å². The number of rotatable bonds is 5. The highest BCUT2D eigenvalue weighted by atomic mass is 16.5. The van der Waals surface area contributed by atoms with Crippen molar-refractivity contribution in [2.75, 3.05) is 19.6 Å². The van der Waals surface area contributed by atoms with Gasteiger partial charge < -0.3 is 14.9 Å². The molecule has 0 saturated carbocycles. The molecule has 2 heterocycles. The quantitative estimate of drug-likeness (QED) is 0.881. The lowest BCUT2D eigenvalue weighted by molar-refractivity contribution is 0.0945. The number of nitrogens with one attached hydrogen (secondary N) is 1. The molecule has 1 aromatic heterocycles. The van der Waals surface area contributed by atoms with E-state index in [0.717, 1.165) is 31.6 Å². The number of nitrogens with zero attached hydrogens (tertiary/aromatic N) is 2. The van der Waals surface area contributed by atoms with Crippen molar-refractivity contribution in [2.24, 2.45) is 5.92 Å². The van der Waals surface area contributed by atoms with Crippen molar-refractivity contribution in [2.45, 2.75) is 19.9 Å². The van der Waals surface area contributed by atoms with Crippen LogP contribution in [0.4, 0.5) is 0 Å². The monoisotopic (exact) mass is 315 g/mol. The molecular formula is C17H21N3O3. The molecular weight excluding hydrogens is 294 g/mol. The van der Waals surface area contributed by atoms with Crippen LogP contribution in [0.25, 0.3) is 0 Å². The van der Waals surface area contributed by atoms with Gasteiger partial charge in [0, 0.05) is 19.6 Å². The maximum Gasteiger partial charge on any atom is 0.256 e. The minimum absolute atomic E-state index is 0.129. The number of carbonyl (C=O) groups is 1. The van der Waals surface area contributed by atoms with Gasteiger partial charge in [0.2, 0.25) is 0 Å². The van der Waals surface area contributed by atoms with E-state index >= 15 is 0 Å². The normalized spacial score (nSPS) is 18.2. The first-order chi connectivity index (χ1) is 11.1. The Labute approximate surface area is 135 Å². The van der Waals surface area contributed by atoms with Crippen LogP contribution in [-0.2, 0) is 6.54 Å². The van der Waals surface area contributed by atoms with Crippen LogP contribution in [0.15, 0.2) is 35.0 Å². The Morgan fingerprint density at radius 1 is 1.52 bits per heavy atom. The summed E-state index contributed by atoms with van der Waals surface area (Å²) in [6.45, 7) is 5.15. The van der Waals surface area contributed by atoms with Crippen LogP contribution < -0.4 is 5.32 Å². The van der Waals surface area contributed by atoms with Crippen LogP contribution in [-0.4, -0.2) is 40.7 Å². The molecule has 1 aromatic carbocycles. The van der Waals surface area contributed by atoms with Gasteiger partial charge >= 0.3 is 0 Å². The molecule has 122 valence electrons. The summed E-state index contributed by atoms with van der Waals surface area (Å²) in [5.41, 5.74) is 1.61. The fourth-order valence-electron chi connectivity index (χ4n) is 2.99. The number of benzene rings is 1. The number of aryl methyl sites for hydroxylation is 1. The summed E-state index contributed by atoms with van der Waals surface area (Å²) in [7, 11) is 0. The fraction of sp³-hybridized carbons (Fsp3) is 0.412. The third-order valence-electron chi connectivity index (χ3n) is 4.23. The van der Waals surface area contributed by atoms with Crippen LogP contribution in [0.1, 0.15) is 28.1 Å². The van der Waals surface area contributed by atoms with Gasteiger partial charge in [-0.3, -0.25) is 9.69 Å². The van der Waals surface area contributed by atoms with Gasteiger partial charge in [-0.25, -0.2) is 0 Å². The molecule has 1 aliphatic rings. The van der Waals surface area contributed by atoms with Gasteiger partial charge in [0.15, 0.2) is 0 Å². The topological polar surface area (TPSA) is 78.6 Å². The second kappa shape index (κ2) is 6.83. The number of aromatic nitrogens is 1. The Morgan fingerprint density at radius 3 is 3.13 bits per heavy atom. The van der Waals surface area contributed by atoms with Gasteiger partial charge in [-0.1, -0.05) is 17.3 Å². The number of likely N-dealkylation sites (tertiary alicyclic amines) is 1. The minimum atomic E-state index is -0.129. The molecule has 1 atom stereocenters. The van der Waals surface area contributed by atoms with Crippen molar-refractivity contribution >= 4 is 5.91 Å². The van der Waals surface area contributed by atoms with Gasteiger partial charge in [0.25, 0.3) is 5.91 Å². The third-order valence-corrected chi connectivity index (χ3v) is 4.23. The zero-order chi connectivity index (χ0) is 16.2. The van der Waals surface area contributed by atoms with E-state index in [1.54, 1.807) is 19.1 Å². The molecule has 1 saturated heterocycles. The van der Waals surface area contributed by atoms with Crippen molar-refractivity contribution < 1.29 is 14.4 Å². The molecule has 0 spiro atoms. The number of hydrogen-bond donors (Lipinski definition) is 2. The van der Waals surface area contributed by atoms with Gasteiger partial charge in [-0.15, -0.1) is 0 Å². The van der Waals surface area contributed by atoms with E-state index in [-0.39, 0.29) is 5.91 Å². The molecule has 1 unspecified atom stereocenters. The molecule has 2 aromatic rings. The molecule has 3 rings (SSSR count). The zero-order valence-electron chi connectivity index (χ0n) is 13.2. The largest absolute Gasteiger partial charge is 0.508 e. The Kier molecular flexibility index (Phi) is 4.62. The van der Waals surface area contributed by atoms with Crippen LogP contribution in [0.5, 0.6) is 5.75 Å². The van der Waals surface area contributed by atoms with Crippen molar-refractivity contribution in [1.29, 1.82) is 0 Å². The molecule has 1 fully saturated rings. The second-order valence-electron chi connectivity index (χ2n) is 6.07. The van der Waals surface area contributed by atoms with E-state index in [1.807, 2.05) is 12.1 Å². The lowest BCUT2D eigenvalue weighted by Crippen LogP contribution is -2.31. The number of hydrogen-bond acceptors (Lipinski definition) is 5. The van der Waals surface area contributed by atoms with Crippen molar-refractivity contribution in [3.63, 3.8) is 0 Å². The predicted molar refractivity (Wildman–Crippen MR) is 85.1 cm³/mol. The lowest BCUT2D eigenvalue weighted by Gasteiger charge is -2.16. The molecule has 1 aliphatic heterocycles. The number of phenols is 1. The lowest BCUT2D eigenvalue weighted by atomic mass is 10.1. The van der Waals surface area contributed by atoms with E-state index in [2.05, 4.69) is 15.4 Å². The number of phenolic OH excluding ortho intramolecular Hbond substituents is 1. The van der Waals surface area contributed by atoms with Gasteiger partial charge in [-0.2, -0.15) is 0 Å². The highest BCUT2D eigenvalue weighted by Crippen LogP contribution is 2.20. The standard InChI is InChI=1S/C17H21N3O3/c1-12-16(9-19-23-12)17(22)18-8-14-5-6-20(11-14)10-13-3-2-4-15(21)7-13/h2-4,7,9,14,21H,5-6,8,10-11H2,1H3,(H,18,22). The summed E-state index contributed by atoms with van der Waals surface area (Å²) in [6, 6.07) is 7.35. The highest BCUT2D eigenvalue weighted by Gasteiger charge is 2.23. The van der Waals surface area contributed by atoms with Crippen LogP contribution >= 0.6 is 0 Å². The Morgan fingerprint density at radius 2 is 2.39 bits per heavy atom. The summed E-state index contributed by atoms with van der Waals surface area (Å²) in [5.74, 6) is 1.15. The Bertz CT molecular complexity index is 683. The average molecular weight is 315 g/mol. The van der Waals surface area contributed by atoms with Crippen molar-refractivity contribution in [3.05, 3.63) is 47.3 Å². The van der Waals surface area contributed by atoms with Crippen LogP contribution in [0, 0.1) is 12.8 Å². The van der Waals surface area contributed by atoms with E-state index in [1.165, 1.54) is 6.20 Å². The van der Waals surface area contributed by atoms with E-state index in [9.17, 15) is 9.90 Å². The minimum Gasteiger partial charge on any atom is -0.508 e. The molecule has 23 heavy (non-hydrogen) atoms. The van der Waals surface area contributed by atoms with Crippen molar-refractivity contribution in [3.8, 4) is 5.75 Å². The first-order valence-electron chi connectivity index (χ1n) is 7.81. The number of amides is 1. The first-order valence-corrected chi connectivity index (χ1v) is 7.81. The zero-order valence-corrected chi connectivity index (χ0v) is 13.2. The molecule has 1 amide bonds. The average Bonchev–Trinajstić information content (AvgIpc) is 3.14. The van der Waals surface area contributed by atoms with Crippen LogP contribution in [0.3, 0.4) is 0 Å². The predicted octanol–water partition coefficient (Wildman–Crippen LogP) is 1.94. The molecule has 0 bridgehead atoms. The smallest absolute Gasteiger partial charge is 0.256 e. The summed E-state index contributed by atoms with van der Waals surface area (Å²) in [5, 5.41) is 16.1. The number of aromatic hydroxyl groups is 1. The summed E-state index contributed by atoms with van der Waals surface area (Å²) < 4.78 is 4.91. The summed E-state index contributed by atoms with van der Waals surface area (Å²) >= 11 is 0. The molecule has 6 heteroatoms. The van der Waals surface area contributed by atoms with Crippen LogP contribution in [0.2, 0.25) is 0 Å². The Balaban J connectivity index is 1.47. The molecule has 0 radical (unpaired) electrons. The maximum atomic E-state index is 12.0. The molecule has 2 N–H and O–H groups in total. The van der Waals surface area contributed by atoms with Crippen molar-refractivity contribution in [1.82, 2.24) is 15.4 Å². The van der Waals surface area contributed by atoms with E-state index < -0.39 is 0 Å². The van der Waals surface area contributed by atoms with Gasteiger partial charge in [0.05, 0.1) is 6.20 Å². The first kappa shape index (κ1) is 15.6. The fourth-order valence-corrected chi connectivity index (χ4v) is 2.99.